The molecule has 34 heavy (non-hydrogen) atoms. The number of carbonyl (C=O) groups is 1. The van der Waals surface area contributed by atoms with Crippen molar-refractivity contribution >= 4 is 46.1 Å². The first-order valence-corrected chi connectivity index (χ1v) is 11.6. The van der Waals surface area contributed by atoms with Crippen LogP contribution in [-0.4, -0.2) is 29.1 Å². The normalized spacial score (nSPS) is 17.2. The molecule has 0 aliphatic carbocycles. The summed E-state index contributed by atoms with van der Waals surface area (Å²) >= 11 is 6.59. The summed E-state index contributed by atoms with van der Waals surface area (Å²) in [7, 11) is 0. The maximum Gasteiger partial charge on any atom is 0.307 e. The molecule has 3 aromatic rings. The first-order valence-electron chi connectivity index (χ1n) is 11.2. The van der Waals surface area contributed by atoms with Gasteiger partial charge in [-0.3, -0.25) is 14.9 Å². The van der Waals surface area contributed by atoms with E-state index in [0.717, 1.165) is 25.1 Å². The smallest absolute Gasteiger partial charge is 0.307 e. The van der Waals surface area contributed by atoms with E-state index in [1.807, 2.05) is 12.1 Å². The summed E-state index contributed by atoms with van der Waals surface area (Å²) < 4.78 is 5.49. The highest BCUT2D eigenvalue weighted by molar-refractivity contribution is 6.33. The highest BCUT2D eigenvalue weighted by Crippen LogP contribution is 2.45. The van der Waals surface area contributed by atoms with Crippen molar-refractivity contribution in [2.75, 3.05) is 11.4 Å². The molecule has 1 unspecified atom stereocenters. The number of carbonyl (C=O) groups excluding carboxylic acids is 1. The van der Waals surface area contributed by atoms with Crippen LogP contribution in [0.3, 0.4) is 0 Å². The maximum atomic E-state index is 12.5. The summed E-state index contributed by atoms with van der Waals surface area (Å²) in [5.74, 6) is -0.194. The number of furan rings is 1. The van der Waals surface area contributed by atoms with Crippen molar-refractivity contribution in [2.24, 2.45) is 5.10 Å². The molecule has 4 rings (SSSR count). The molecule has 1 aliphatic rings. The van der Waals surface area contributed by atoms with Gasteiger partial charge in [0.05, 0.1) is 16.2 Å². The zero-order chi connectivity index (χ0) is 24.6. The van der Waals surface area contributed by atoms with Crippen molar-refractivity contribution in [2.45, 2.75) is 52.0 Å². The van der Waals surface area contributed by atoms with Gasteiger partial charge in [0, 0.05) is 40.9 Å². The molecule has 2 aromatic carbocycles. The minimum absolute atomic E-state index is 0.00949. The molecule has 0 fully saturated rings. The Balaban J connectivity index is 1.54. The molecule has 0 spiro atoms. The average Bonchev–Trinajstić information content (AvgIpc) is 3.20. The van der Waals surface area contributed by atoms with Gasteiger partial charge < -0.3 is 9.32 Å². The second kappa shape index (κ2) is 9.10. The molecule has 1 atom stereocenters. The molecule has 1 aliphatic heterocycles. The van der Waals surface area contributed by atoms with Gasteiger partial charge in [-0.1, -0.05) is 25.4 Å². The van der Waals surface area contributed by atoms with E-state index in [1.165, 1.54) is 36.0 Å². The fraction of sp³-hybridized carbons (Fsp3) is 0.360. The fourth-order valence-corrected chi connectivity index (χ4v) is 4.95. The van der Waals surface area contributed by atoms with Crippen LogP contribution in [0.4, 0.5) is 11.4 Å². The van der Waals surface area contributed by atoms with Crippen LogP contribution in [0.25, 0.3) is 11.0 Å². The number of fused-ring (bicyclic) bond motifs is 2. The van der Waals surface area contributed by atoms with Crippen molar-refractivity contribution in [3.8, 4) is 0 Å². The molecule has 178 valence electrons. The van der Waals surface area contributed by atoms with Crippen molar-refractivity contribution in [3.05, 3.63) is 68.4 Å². The Labute approximate surface area is 202 Å². The zero-order valence-electron chi connectivity index (χ0n) is 19.6. The molecule has 9 heteroatoms. The highest BCUT2D eigenvalue weighted by Gasteiger charge is 2.36. The van der Waals surface area contributed by atoms with Crippen molar-refractivity contribution in [3.63, 3.8) is 0 Å². The van der Waals surface area contributed by atoms with Gasteiger partial charge in [-0.2, -0.15) is 5.10 Å². The fourth-order valence-electron chi connectivity index (χ4n) is 4.74. The number of hydrogen-bond acceptors (Lipinski definition) is 6. The van der Waals surface area contributed by atoms with Gasteiger partial charge in [-0.05, 0) is 62.4 Å². The highest BCUT2D eigenvalue weighted by atomic mass is 35.5. The summed E-state index contributed by atoms with van der Waals surface area (Å²) in [6.45, 7) is 9.86. The number of anilines is 1. The Bertz CT molecular complexity index is 1300. The maximum absolute atomic E-state index is 12.5. The molecule has 0 radical (unpaired) electrons. The average molecular weight is 483 g/mol. The van der Waals surface area contributed by atoms with Crippen LogP contribution in [0.5, 0.6) is 0 Å². The van der Waals surface area contributed by atoms with Crippen molar-refractivity contribution < 1.29 is 14.1 Å². The van der Waals surface area contributed by atoms with E-state index in [-0.39, 0.29) is 17.0 Å². The van der Waals surface area contributed by atoms with E-state index in [2.05, 4.69) is 43.1 Å². The Kier molecular flexibility index (Phi) is 6.36. The Hall–Kier alpha value is -3.39. The van der Waals surface area contributed by atoms with Crippen LogP contribution in [0.15, 0.2) is 45.9 Å². The number of hydrazone groups is 1. The van der Waals surface area contributed by atoms with E-state index >= 15 is 0 Å². The second-order valence-electron chi connectivity index (χ2n) is 9.29. The summed E-state index contributed by atoms with van der Waals surface area (Å²) in [5.41, 5.74) is 5.86. The SMILES string of the molecule is CCCN1c2cc(Cl)c(/C=N\NC(=O)c3cc4cc([N+](=O)[O-])ccc4o3)cc2C(C)CC1(C)C. The third-order valence-corrected chi connectivity index (χ3v) is 6.58. The quantitative estimate of drug-likeness (QED) is 0.254. The summed E-state index contributed by atoms with van der Waals surface area (Å²) in [4.78, 5) is 25.4. The number of hydrogen-bond donors (Lipinski definition) is 1. The first-order chi connectivity index (χ1) is 16.1. The molecule has 0 bridgehead atoms. The molecule has 1 aromatic heterocycles. The van der Waals surface area contributed by atoms with Crippen molar-refractivity contribution in [1.29, 1.82) is 0 Å². The molecular formula is C25H27ClN4O4. The number of nitro groups is 1. The van der Waals surface area contributed by atoms with E-state index < -0.39 is 10.8 Å². The number of benzene rings is 2. The van der Waals surface area contributed by atoms with Crippen LogP contribution < -0.4 is 10.3 Å². The van der Waals surface area contributed by atoms with Crippen LogP contribution in [0, 0.1) is 10.1 Å². The predicted molar refractivity (Wildman–Crippen MR) is 134 cm³/mol. The largest absolute Gasteiger partial charge is 0.451 e. The molecule has 0 saturated carbocycles. The van der Waals surface area contributed by atoms with Gasteiger partial charge in [0.25, 0.3) is 5.69 Å². The Morgan fingerprint density at radius 1 is 1.35 bits per heavy atom. The van der Waals surface area contributed by atoms with E-state index in [1.54, 1.807) is 0 Å². The zero-order valence-corrected chi connectivity index (χ0v) is 20.3. The van der Waals surface area contributed by atoms with Crippen molar-refractivity contribution in [1.82, 2.24) is 5.43 Å². The van der Waals surface area contributed by atoms with Gasteiger partial charge in [0.1, 0.15) is 5.58 Å². The van der Waals surface area contributed by atoms with Crippen LogP contribution >= 0.6 is 11.6 Å². The van der Waals surface area contributed by atoms with Gasteiger partial charge >= 0.3 is 5.91 Å². The molecule has 1 amide bonds. The molecule has 8 nitrogen and oxygen atoms in total. The number of nitro benzene ring substituents is 1. The minimum atomic E-state index is -0.562. The van der Waals surface area contributed by atoms with Crippen LogP contribution in [0.1, 0.15) is 68.1 Å². The summed E-state index contributed by atoms with van der Waals surface area (Å²) in [6.07, 6.45) is 3.59. The predicted octanol–water partition coefficient (Wildman–Crippen LogP) is 6.26. The Morgan fingerprint density at radius 2 is 2.12 bits per heavy atom. The van der Waals surface area contributed by atoms with E-state index in [9.17, 15) is 14.9 Å². The number of nitrogens with zero attached hydrogens (tertiary/aromatic N) is 3. The molecular weight excluding hydrogens is 456 g/mol. The van der Waals surface area contributed by atoms with E-state index in [4.69, 9.17) is 16.0 Å². The molecule has 2 heterocycles. The number of rotatable bonds is 6. The first kappa shape index (κ1) is 23.8. The minimum Gasteiger partial charge on any atom is -0.451 e. The number of halogens is 1. The van der Waals surface area contributed by atoms with Gasteiger partial charge in [-0.25, -0.2) is 5.43 Å². The Morgan fingerprint density at radius 3 is 2.82 bits per heavy atom. The van der Waals surface area contributed by atoms with E-state index in [0.29, 0.717) is 27.5 Å². The number of nitrogens with one attached hydrogen (secondary N) is 1. The lowest BCUT2D eigenvalue weighted by molar-refractivity contribution is -0.384. The van der Waals surface area contributed by atoms with Crippen LogP contribution in [-0.2, 0) is 0 Å². The number of non-ortho nitro benzene ring substituents is 1. The monoisotopic (exact) mass is 482 g/mol. The summed E-state index contributed by atoms with van der Waals surface area (Å²) in [6, 6.07) is 9.62. The lowest BCUT2D eigenvalue weighted by Crippen LogP contribution is -2.48. The standard InChI is InChI=1S/C25H27ClN4O4/c1-5-8-29-21-12-20(26)17(10-19(21)15(2)13-25(29,3)4)14-27-28-24(31)23-11-16-9-18(30(32)33)6-7-22(16)34-23/h6-7,9-12,14-15H,5,8,13H2,1-4H3,(H,28,31)/b27-14-. The lowest BCUT2D eigenvalue weighted by Gasteiger charge is -2.47. The third kappa shape index (κ3) is 4.50. The second-order valence-corrected chi connectivity index (χ2v) is 9.70. The van der Waals surface area contributed by atoms with Gasteiger partial charge in [-0.15, -0.1) is 0 Å². The van der Waals surface area contributed by atoms with Crippen LogP contribution in [0.2, 0.25) is 5.02 Å². The summed E-state index contributed by atoms with van der Waals surface area (Å²) in [5, 5.41) is 16.0. The third-order valence-electron chi connectivity index (χ3n) is 6.26. The number of amides is 1. The molecule has 1 N–H and O–H groups in total. The molecule has 0 saturated heterocycles. The van der Waals surface area contributed by atoms with Gasteiger partial charge in [0.2, 0.25) is 0 Å². The topological polar surface area (TPSA) is 101 Å². The van der Waals surface area contributed by atoms with Gasteiger partial charge in [0.15, 0.2) is 5.76 Å². The lowest BCUT2D eigenvalue weighted by atomic mass is 9.79.